The molecule has 1 aliphatic rings. The molecule has 0 aromatic heterocycles. The van der Waals surface area contributed by atoms with Gasteiger partial charge in [-0.1, -0.05) is 30.3 Å². The maximum absolute atomic E-state index is 12.0. The number of fused-ring (bicyclic) bond motifs is 1. The molecule has 0 fully saturated rings. The molecule has 0 saturated carbocycles. The predicted octanol–water partition coefficient (Wildman–Crippen LogP) is 2.22. The molecular formula is C16H14N2O3. The number of carbonyl (C=O) groups excluding carboxylic acids is 1. The highest BCUT2D eigenvalue weighted by Gasteiger charge is 2.14. The summed E-state index contributed by atoms with van der Waals surface area (Å²) in [5.41, 5.74) is 3.88. The molecule has 0 bridgehead atoms. The molecule has 21 heavy (non-hydrogen) atoms. The van der Waals surface area contributed by atoms with E-state index in [1.165, 1.54) is 0 Å². The number of hydrogen-bond acceptors (Lipinski definition) is 4. The van der Waals surface area contributed by atoms with Crippen molar-refractivity contribution in [3.05, 3.63) is 59.7 Å². The lowest BCUT2D eigenvalue weighted by atomic mass is 10.2. The Kier molecular flexibility index (Phi) is 3.82. The van der Waals surface area contributed by atoms with E-state index in [0.717, 1.165) is 5.56 Å². The third kappa shape index (κ3) is 3.20. The van der Waals surface area contributed by atoms with Crippen molar-refractivity contribution in [3.8, 4) is 11.5 Å². The second kappa shape index (κ2) is 6.09. The number of nitrogens with zero attached hydrogens (tertiary/aromatic N) is 1. The molecule has 0 unspecified atom stereocenters. The van der Waals surface area contributed by atoms with Gasteiger partial charge < -0.3 is 9.47 Å². The Hall–Kier alpha value is -2.82. The molecule has 5 heteroatoms. The van der Waals surface area contributed by atoms with Crippen molar-refractivity contribution in [1.82, 2.24) is 5.43 Å². The van der Waals surface area contributed by atoms with Gasteiger partial charge in [0, 0.05) is 5.56 Å². The van der Waals surface area contributed by atoms with Gasteiger partial charge in [0.1, 0.15) is 13.2 Å². The van der Waals surface area contributed by atoms with Crippen LogP contribution in [0.25, 0.3) is 0 Å². The lowest BCUT2D eigenvalue weighted by Crippen LogP contribution is -2.19. The normalized spacial score (nSPS) is 13.1. The van der Waals surface area contributed by atoms with E-state index in [1.54, 1.807) is 24.4 Å². The molecule has 106 valence electrons. The van der Waals surface area contributed by atoms with Crippen LogP contribution in [0, 0.1) is 0 Å². The highest BCUT2D eigenvalue weighted by molar-refractivity contribution is 5.95. The van der Waals surface area contributed by atoms with Crippen molar-refractivity contribution in [3.63, 3.8) is 0 Å². The summed E-state index contributed by atoms with van der Waals surface area (Å²) in [6.07, 6.45) is 1.59. The van der Waals surface area contributed by atoms with Crippen LogP contribution in [0.15, 0.2) is 53.6 Å². The monoisotopic (exact) mass is 282 g/mol. The van der Waals surface area contributed by atoms with E-state index >= 15 is 0 Å². The van der Waals surface area contributed by atoms with Crippen molar-refractivity contribution < 1.29 is 14.3 Å². The van der Waals surface area contributed by atoms with Crippen molar-refractivity contribution in [2.75, 3.05) is 13.2 Å². The molecule has 2 aromatic carbocycles. The second-order valence-electron chi connectivity index (χ2n) is 4.47. The first-order chi connectivity index (χ1) is 10.3. The van der Waals surface area contributed by atoms with E-state index in [0.29, 0.717) is 30.3 Å². The summed E-state index contributed by atoms with van der Waals surface area (Å²) in [4.78, 5) is 12.0. The van der Waals surface area contributed by atoms with E-state index in [-0.39, 0.29) is 5.91 Å². The van der Waals surface area contributed by atoms with Crippen LogP contribution in [-0.4, -0.2) is 25.3 Å². The Balaban J connectivity index is 1.67. The quantitative estimate of drug-likeness (QED) is 0.693. The Morgan fingerprint density at radius 3 is 2.62 bits per heavy atom. The van der Waals surface area contributed by atoms with E-state index in [4.69, 9.17) is 9.47 Å². The van der Waals surface area contributed by atoms with Gasteiger partial charge in [0.15, 0.2) is 11.5 Å². The number of rotatable bonds is 3. The average Bonchev–Trinajstić information content (AvgIpc) is 2.55. The minimum absolute atomic E-state index is 0.292. The van der Waals surface area contributed by atoms with Crippen LogP contribution in [0.5, 0.6) is 11.5 Å². The number of benzene rings is 2. The molecule has 0 spiro atoms. The number of ether oxygens (including phenoxy) is 2. The Bertz CT molecular complexity index is 668. The van der Waals surface area contributed by atoms with E-state index in [9.17, 15) is 4.79 Å². The van der Waals surface area contributed by atoms with Gasteiger partial charge in [-0.15, -0.1) is 0 Å². The van der Waals surface area contributed by atoms with E-state index in [1.807, 2.05) is 30.3 Å². The molecule has 2 aromatic rings. The molecule has 3 rings (SSSR count). The highest BCUT2D eigenvalue weighted by atomic mass is 16.6. The lowest BCUT2D eigenvalue weighted by Gasteiger charge is -2.18. The van der Waals surface area contributed by atoms with Gasteiger partial charge in [-0.3, -0.25) is 4.79 Å². The van der Waals surface area contributed by atoms with Crippen molar-refractivity contribution in [1.29, 1.82) is 0 Å². The summed E-state index contributed by atoms with van der Waals surface area (Å²) in [6, 6.07) is 14.6. The fourth-order valence-electron chi connectivity index (χ4n) is 1.95. The molecular weight excluding hydrogens is 268 g/mol. The summed E-state index contributed by atoms with van der Waals surface area (Å²) >= 11 is 0. The van der Waals surface area contributed by atoms with Gasteiger partial charge in [0.2, 0.25) is 0 Å². The number of hydrogen-bond donors (Lipinski definition) is 1. The number of amides is 1. The van der Waals surface area contributed by atoms with Crippen molar-refractivity contribution in [2.24, 2.45) is 5.10 Å². The minimum atomic E-state index is -0.292. The van der Waals surface area contributed by atoms with Crippen molar-refractivity contribution in [2.45, 2.75) is 0 Å². The average molecular weight is 282 g/mol. The number of carbonyl (C=O) groups is 1. The zero-order valence-corrected chi connectivity index (χ0v) is 11.3. The Labute approximate surface area is 122 Å². The zero-order valence-electron chi connectivity index (χ0n) is 11.3. The van der Waals surface area contributed by atoms with Crippen LogP contribution in [0.3, 0.4) is 0 Å². The molecule has 0 atom stereocenters. The van der Waals surface area contributed by atoms with E-state index < -0.39 is 0 Å². The van der Waals surface area contributed by atoms with Gasteiger partial charge in [-0.05, 0) is 23.8 Å². The van der Waals surface area contributed by atoms with Gasteiger partial charge in [0.05, 0.1) is 6.21 Å². The minimum Gasteiger partial charge on any atom is -0.486 e. The van der Waals surface area contributed by atoms with Crippen LogP contribution in [0.1, 0.15) is 15.9 Å². The molecule has 5 nitrogen and oxygen atoms in total. The maximum Gasteiger partial charge on any atom is 0.271 e. The van der Waals surface area contributed by atoms with Crippen LogP contribution >= 0.6 is 0 Å². The first kappa shape index (κ1) is 13.2. The van der Waals surface area contributed by atoms with Gasteiger partial charge in [-0.25, -0.2) is 5.43 Å². The molecule has 1 aliphatic heterocycles. The third-order valence-electron chi connectivity index (χ3n) is 2.98. The van der Waals surface area contributed by atoms with Crippen molar-refractivity contribution >= 4 is 12.1 Å². The standard InChI is InChI=1S/C16H14N2O3/c19-16(18-17-11-12-4-2-1-3-5-12)13-6-7-14-15(10-13)21-9-8-20-14/h1-7,10-11H,8-9H2,(H,18,19)/b17-11+. The predicted molar refractivity (Wildman–Crippen MR) is 78.9 cm³/mol. The molecule has 0 radical (unpaired) electrons. The van der Waals surface area contributed by atoms with E-state index in [2.05, 4.69) is 10.5 Å². The topological polar surface area (TPSA) is 59.9 Å². The summed E-state index contributed by atoms with van der Waals surface area (Å²) < 4.78 is 10.9. The lowest BCUT2D eigenvalue weighted by molar-refractivity contribution is 0.0954. The molecule has 0 aliphatic carbocycles. The largest absolute Gasteiger partial charge is 0.486 e. The summed E-state index contributed by atoms with van der Waals surface area (Å²) in [5, 5.41) is 3.93. The van der Waals surface area contributed by atoms with Gasteiger partial charge in [0.25, 0.3) is 5.91 Å². The molecule has 0 saturated heterocycles. The van der Waals surface area contributed by atoms with Crippen LogP contribution in [-0.2, 0) is 0 Å². The van der Waals surface area contributed by atoms with Crippen LogP contribution in [0.4, 0.5) is 0 Å². The van der Waals surface area contributed by atoms with Gasteiger partial charge in [-0.2, -0.15) is 5.10 Å². The Morgan fingerprint density at radius 1 is 1.05 bits per heavy atom. The summed E-state index contributed by atoms with van der Waals surface area (Å²) in [6.45, 7) is 1.02. The second-order valence-corrected chi connectivity index (χ2v) is 4.47. The smallest absolute Gasteiger partial charge is 0.271 e. The first-order valence-electron chi connectivity index (χ1n) is 6.61. The Morgan fingerprint density at radius 2 is 1.81 bits per heavy atom. The third-order valence-corrected chi connectivity index (χ3v) is 2.98. The molecule has 1 amide bonds. The maximum atomic E-state index is 12.0. The zero-order chi connectivity index (χ0) is 14.5. The summed E-state index contributed by atoms with van der Waals surface area (Å²) in [5.74, 6) is 0.950. The number of nitrogens with one attached hydrogen (secondary N) is 1. The fourth-order valence-corrected chi connectivity index (χ4v) is 1.95. The van der Waals surface area contributed by atoms with Crippen LogP contribution in [0.2, 0.25) is 0 Å². The fraction of sp³-hybridized carbons (Fsp3) is 0.125. The molecule has 1 heterocycles. The molecule has 1 N–H and O–H groups in total. The SMILES string of the molecule is O=C(N/N=C/c1ccccc1)c1ccc2c(c1)OCCO2. The highest BCUT2D eigenvalue weighted by Crippen LogP contribution is 2.30. The first-order valence-corrected chi connectivity index (χ1v) is 6.61. The number of hydrazone groups is 1. The van der Waals surface area contributed by atoms with Gasteiger partial charge >= 0.3 is 0 Å². The van der Waals surface area contributed by atoms with Crippen LogP contribution < -0.4 is 14.9 Å². The summed E-state index contributed by atoms with van der Waals surface area (Å²) in [7, 11) is 0.